The molecule has 74 valence electrons. The second-order valence-corrected chi connectivity index (χ2v) is 5.19. The zero-order valence-electron chi connectivity index (χ0n) is 7.12. The smallest absolute Gasteiger partial charge is 0.266 e. The monoisotopic (exact) mass is 293 g/mol. The summed E-state index contributed by atoms with van der Waals surface area (Å²) in [7, 11) is 0. The van der Waals surface area contributed by atoms with E-state index in [0.29, 0.717) is 21.0 Å². The molecule has 0 fully saturated rings. The van der Waals surface area contributed by atoms with Gasteiger partial charge in [-0.05, 0) is 22.4 Å². The second-order valence-electron chi connectivity index (χ2n) is 2.58. The number of rotatable bonds is 1. The van der Waals surface area contributed by atoms with E-state index < -0.39 is 0 Å². The van der Waals surface area contributed by atoms with Gasteiger partial charge in [0.15, 0.2) is 3.92 Å². The van der Waals surface area contributed by atoms with Crippen LogP contribution in [-0.4, -0.2) is 14.6 Å². The van der Waals surface area contributed by atoms with Gasteiger partial charge >= 0.3 is 0 Å². The van der Waals surface area contributed by atoms with Crippen molar-refractivity contribution >= 4 is 43.8 Å². The first kappa shape index (κ1) is 10.1. The average Bonchev–Trinajstić information content (AvgIpc) is 2.52. The fraction of sp³-hybridized carbons (Fsp3) is 0.286. The van der Waals surface area contributed by atoms with E-state index in [-0.39, 0.29) is 10.6 Å². The van der Waals surface area contributed by atoms with E-state index in [1.165, 1.54) is 15.9 Å². The lowest BCUT2D eigenvalue weighted by atomic mass is 10.3. The van der Waals surface area contributed by atoms with Gasteiger partial charge in [0, 0.05) is 0 Å². The molecule has 0 unspecified atom stereocenters. The molecule has 0 bridgehead atoms. The van der Waals surface area contributed by atoms with Crippen molar-refractivity contribution in [3.8, 4) is 0 Å². The van der Waals surface area contributed by atoms with Crippen LogP contribution in [0.15, 0.2) is 8.71 Å². The minimum Gasteiger partial charge on any atom is -0.266 e. The predicted octanol–water partition coefficient (Wildman–Crippen LogP) is 2.13. The summed E-state index contributed by atoms with van der Waals surface area (Å²) in [4.78, 5) is 16.4. The number of fused-ring (bicyclic) bond motifs is 1. The minimum absolute atomic E-state index is 0.155. The highest BCUT2D eigenvalue weighted by atomic mass is 79.9. The van der Waals surface area contributed by atoms with E-state index in [9.17, 15) is 4.79 Å². The van der Waals surface area contributed by atoms with Crippen LogP contribution < -0.4 is 5.56 Å². The summed E-state index contributed by atoms with van der Waals surface area (Å²) in [5, 5.41) is 4.10. The van der Waals surface area contributed by atoms with Crippen molar-refractivity contribution in [2.45, 2.75) is 13.3 Å². The lowest BCUT2D eigenvalue weighted by Crippen LogP contribution is -2.17. The second kappa shape index (κ2) is 3.60. The molecule has 0 aliphatic heterocycles. The summed E-state index contributed by atoms with van der Waals surface area (Å²) in [6, 6.07) is 0. The van der Waals surface area contributed by atoms with Crippen LogP contribution in [-0.2, 0) is 6.42 Å². The zero-order chi connectivity index (χ0) is 10.3. The van der Waals surface area contributed by atoms with Gasteiger partial charge in [0.05, 0.1) is 5.69 Å². The van der Waals surface area contributed by atoms with Crippen molar-refractivity contribution in [3.05, 3.63) is 25.0 Å². The standard InChI is InChI=1S/C7H5BrClN3OS/c1-2-3-4(9)5(13)12-7(10-3)14-6(8)11-12/h2H2,1H3. The summed E-state index contributed by atoms with van der Waals surface area (Å²) in [5.74, 6) is 0. The third-order valence-electron chi connectivity index (χ3n) is 1.73. The molecule has 0 saturated heterocycles. The van der Waals surface area contributed by atoms with E-state index in [4.69, 9.17) is 11.6 Å². The van der Waals surface area contributed by atoms with Gasteiger partial charge in [-0.2, -0.15) is 4.52 Å². The van der Waals surface area contributed by atoms with Crippen molar-refractivity contribution in [3.63, 3.8) is 0 Å². The molecule has 0 N–H and O–H groups in total. The summed E-state index contributed by atoms with van der Waals surface area (Å²) < 4.78 is 1.82. The first-order valence-corrected chi connectivity index (χ1v) is 5.86. The molecule has 2 heterocycles. The number of aromatic nitrogens is 3. The molecule has 0 saturated carbocycles. The Balaban J connectivity index is 2.91. The predicted molar refractivity (Wildman–Crippen MR) is 59.2 cm³/mol. The van der Waals surface area contributed by atoms with Crippen LogP contribution in [0.1, 0.15) is 12.6 Å². The van der Waals surface area contributed by atoms with Crippen molar-refractivity contribution < 1.29 is 0 Å². The van der Waals surface area contributed by atoms with Gasteiger partial charge in [0.1, 0.15) is 5.02 Å². The summed E-state index contributed by atoms with van der Waals surface area (Å²) >= 11 is 10.3. The zero-order valence-corrected chi connectivity index (χ0v) is 10.3. The van der Waals surface area contributed by atoms with Gasteiger partial charge in [0.25, 0.3) is 5.56 Å². The lowest BCUT2D eigenvalue weighted by Gasteiger charge is -1.98. The van der Waals surface area contributed by atoms with Crippen molar-refractivity contribution in [1.82, 2.24) is 14.6 Å². The fourth-order valence-corrected chi connectivity index (χ4v) is 2.57. The van der Waals surface area contributed by atoms with E-state index >= 15 is 0 Å². The lowest BCUT2D eigenvalue weighted by molar-refractivity contribution is 0.869. The highest BCUT2D eigenvalue weighted by Crippen LogP contribution is 2.19. The maximum absolute atomic E-state index is 11.6. The molecule has 2 aromatic heterocycles. The average molecular weight is 295 g/mol. The van der Waals surface area contributed by atoms with Gasteiger partial charge in [0.2, 0.25) is 4.96 Å². The summed E-state index contributed by atoms with van der Waals surface area (Å²) in [6.45, 7) is 1.90. The molecule has 2 aromatic rings. The Morgan fingerprint density at radius 2 is 2.36 bits per heavy atom. The molecule has 4 nitrogen and oxygen atoms in total. The normalized spacial score (nSPS) is 11.1. The molecular formula is C7H5BrClN3OS. The van der Waals surface area contributed by atoms with Crippen LogP contribution in [0.5, 0.6) is 0 Å². The van der Waals surface area contributed by atoms with Crippen LogP contribution >= 0.6 is 38.9 Å². The largest absolute Gasteiger partial charge is 0.294 e. The van der Waals surface area contributed by atoms with Crippen LogP contribution in [0.2, 0.25) is 5.02 Å². The maximum Gasteiger partial charge on any atom is 0.294 e. The molecule has 0 aliphatic rings. The molecule has 0 spiro atoms. The number of aryl methyl sites for hydroxylation is 1. The first-order valence-electron chi connectivity index (χ1n) is 3.87. The molecule has 0 aromatic carbocycles. The van der Waals surface area contributed by atoms with Crippen molar-refractivity contribution in [2.75, 3.05) is 0 Å². The fourth-order valence-electron chi connectivity index (χ4n) is 1.08. The Morgan fingerprint density at radius 1 is 1.64 bits per heavy atom. The first-order chi connectivity index (χ1) is 6.63. The Hall–Kier alpha value is -0.460. The van der Waals surface area contributed by atoms with Gasteiger partial charge < -0.3 is 0 Å². The van der Waals surface area contributed by atoms with Crippen LogP contribution in [0.3, 0.4) is 0 Å². The highest BCUT2D eigenvalue weighted by Gasteiger charge is 2.12. The van der Waals surface area contributed by atoms with Gasteiger partial charge in [-0.3, -0.25) is 4.79 Å². The molecule has 0 amide bonds. The Labute approximate surface area is 96.7 Å². The Bertz CT molecular complexity index is 550. The molecule has 0 radical (unpaired) electrons. The minimum atomic E-state index is -0.310. The van der Waals surface area contributed by atoms with Crippen molar-refractivity contribution in [1.29, 1.82) is 0 Å². The quantitative estimate of drug-likeness (QED) is 0.809. The number of hydrogen-bond donors (Lipinski definition) is 0. The number of halogens is 2. The van der Waals surface area contributed by atoms with Gasteiger partial charge in [-0.15, -0.1) is 5.10 Å². The third kappa shape index (κ3) is 1.47. The number of hydrogen-bond acceptors (Lipinski definition) is 4. The molecular weight excluding hydrogens is 290 g/mol. The van der Waals surface area contributed by atoms with E-state index in [2.05, 4.69) is 26.0 Å². The van der Waals surface area contributed by atoms with E-state index in [1.807, 2.05) is 6.92 Å². The van der Waals surface area contributed by atoms with E-state index in [0.717, 1.165) is 0 Å². The maximum atomic E-state index is 11.6. The summed E-state index contributed by atoms with van der Waals surface area (Å²) in [6.07, 6.45) is 0.639. The third-order valence-corrected chi connectivity index (χ3v) is 3.46. The Morgan fingerprint density at radius 3 is 3.00 bits per heavy atom. The molecule has 2 rings (SSSR count). The van der Waals surface area contributed by atoms with E-state index in [1.54, 1.807) is 0 Å². The molecule has 14 heavy (non-hydrogen) atoms. The summed E-state index contributed by atoms with van der Waals surface area (Å²) in [5.41, 5.74) is 0.309. The van der Waals surface area contributed by atoms with Crippen molar-refractivity contribution in [2.24, 2.45) is 0 Å². The molecule has 0 aliphatic carbocycles. The van der Waals surface area contributed by atoms with Crippen LogP contribution in [0.25, 0.3) is 4.96 Å². The van der Waals surface area contributed by atoms with Gasteiger partial charge in [-0.25, -0.2) is 4.98 Å². The number of nitrogens with zero attached hydrogens (tertiary/aromatic N) is 3. The highest BCUT2D eigenvalue weighted by molar-refractivity contribution is 9.11. The topological polar surface area (TPSA) is 47.3 Å². The van der Waals surface area contributed by atoms with Gasteiger partial charge in [-0.1, -0.05) is 29.9 Å². The SMILES string of the molecule is CCc1nc2sc(Br)nn2c(=O)c1Cl. The molecule has 0 atom stereocenters. The molecule has 7 heteroatoms. The van der Waals surface area contributed by atoms with Crippen LogP contribution in [0, 0.1) is 0 Å². The van der Waals surface area contributed by atoms with Crippen LogP contribution in [0.4, 0.5) is 0 Å². The Kier molecular flexibility index (Phi) is 2.59.